The van der Waals surface area contributed by atoms with E-state index in [1.54, 1.807) is 6.07 Å². The van der Waals surface area contributed by atoms with Gasteiger partial charge in [0.2, 0.25) is 5.91 Å². The summed E-state index contributed by atoms with van der Waals surface area (Å²) in [6, 6.07) is 3.07. The molecule has 2 N–H and O–H groups in total. The Kier molecular flexibility index (Phi) is 3.40. The van der Waals surface area contributed by atoms with Crippen molar-refractivity contribution in [3.05, 3.63) is 16.7 Å². The van der Waals surface area contributed by atoms with Gasteiger partial charge in [-0.05, 0) is 34.5 Å². The first kappa shape index (κ1) is 11.3. The second-order valence-electron chi connectivity index (χ2n) is 3.55. The highest BCUT2D eigenvalue weighted by Crippen LogP contribution is 2.24. The Morgan fingerprint density at radius 2 is 2.44 bits per heavy atom. The van der Waals surface area contributed by atoms with Gasteiger partial charge in [-0.3, -0.25) is 4.79 Å². The van der Waals surface area contributed by atoms with Gasteiger partial charge < -0.3 is 15.2 Å². The molecule has 2 rings (SSSR count). The van der Waals surface area contributed by atoms with Gasteiger partial charge in [-0.25, -0.2) is 4.98 Å². The molecule has 0 unspecified atom stereocenters. The number of halogens is 1. The summed E-state index contributed by atoms with van der Waals surface area (Å²) in [5, 5.41) is 12.1. The van der Waals surface area contributed by atoms with Crippen LogP contribution in [0.4, 0.5) is 5.82 Å². The van der Waals surface area contributed by atoms with Crippen molar-refractivity contribution in [1.82, 2.24) is 4.98 Å². The molecule has 1 aromatic heterocycles. The monoisotopic (exact) mass is 286 g/mol. The van der Waals surface area contributed by atoms with E-state index < -0.39 is 0 Å². The van der Waals surface area contributed by atoms with E-state index in [-0.39, 0.29) is 23.4 Å². The Hall–Kier alpha value is -1.14. The minimum Gasteiger partial charge on any atom is -0.504 e. The maximum atomic E-state index is 11.7. The van der Waals surface area contributed by atoms with E-state index >= 15 is 0 Å². The quantitative estimate of drug-likeness (QED) is 0.809. The molecular formula is C10H11BrN2O3. The van der Waals surface area contributed by atoms with Crippen LogP contribution in [-0.2, 0) is 9.53 Å². The molecule has 1 amide bonds. The van der Waals surface area contributed by atoms with Gasteiger partial charge >= 0.3 is 0 Å². The van der Waals surface area contributed by atoms with E-state index in [4.69, 9.17) is 4.74 Å². The van der Waals surface area contributed by atoms with E-state index in [1.165, 1.54) is 6.07 Å². The number of aromatic nitrogens is 1. The van der Waals surface area contributed by atoms with Crippen LogP contribution in [0.5, 0.6) is 5.75 Å². The van der Waals surface area contributed by atoms with Gasteiger partial charge in [0.15, 0.2) is 11.6 Å². The van der Waals surface area contributed by atoms with E-state index in [9.17, 15) is 9.90 Å². The Bertz CT molecular complexity index is 405. The number of amides is 1. The first-order valence-electron chi connectivity index (χ1n) is 4.91. The zero-order chi connectivity index (χ0) is 11.5. The van der Waals surface area contributed by atoms with Gasteiger partial charge in [0.25, 0.3) is 0 Å². The van der Waals surface area contributed by atoms with Gasteiger partial charge in [-0.1, -0.05) is 0 Å². The summed E-state index contributed by atoms with van der Waals surface area (Å²) < 4.78 is 5.68. The molecule has 0 radical (unpaired) electrons. The van der Waals surface area contributed by atoms with Crippen molar-refractivity contribution >= 4 is 27.7 Å². The SMILES string of the molecule is O=C(Nc1nc(Br)ccc1O)[C@H]1CCOC1. The number of aromatic hydroxyl groups is 1. The number of nitrogens with one attached hydrogen (secondary N) is 1. The minimum atomic E-state index is -0.168. The molecule has 0 aliphatic carbocycles. The van der Waals surface area contributed by atoms with Crippen molar-refractivity contribution in [2.45, 2.75) is 6.42 Å². The van der Waals surface area contributed by atoms with E-state index in [1.807, 2.05) is 0 Å². The number of hydrogen-bond donors (Lipinski definition) is 2. The molecular weight excluding hydrogens is 276 g/mol. The van der Waals surface area contributed by atoms with Crippen molar-refractivity contribution in [3.63, 3.8) is 0 Å². The molecule has 86 valence electrons. The molecule has 16 heavy (non-hydrogen) atoms. The Labute approximate surface area is 101 Å². The van der Waals surface area contributed by atoms with Crippen LogP contribution in [0, 0.1) is 5.92 Å². The summed E-state index contributed by atoms with van der Waals surface area (Å²) in [5.41, 5.74) is 0. The zero-order valence-electron chi connectivity index (χ0n) is 8.44. The van der Waals surface area contributed by atoms with Crippen LogP contribution in [0.2, 0.25) is 0 Å². The second-order valence-corrected chi connectivity index (χ2v) is 4.36. The van der Waals surface area contributed by atoms with Gasteiger partial charge in [0.1, 0.15) is 4.60 Å². The summed E-state index contributed by atoms with van der Waals surface area (Å²) in [7, 11) is 0. The molecule has 0 saturated carbocycles. The van der Waals surface area contributed by atoms with Crippen molar-refractivity contribution in [2.24, 2.45) is 5.92 Å². The van der Waals surface area contributed by atoms with Crippen molar-refractivity contribution in [2.75, 3.05) is 18.5 Å². The summed E-state index contributed by atoms with van der Waals surface area (Å²) in [4.78, 5) is 15.7. The second kappa shape index (κ2) is 4.80. The number of carbonyl (C=O) groups excluding carboxylic acids is 1. The number of carbonyl (C=O) groups is 1. The highest BCUT2D eigenvalue weighted by atomic mass is 79.9. The van der Waals surface area contributed by atoms with Crippen molar-refractivity contribution in [1.29, 1.82) is 0 Å². The maximum Gasteiger partial charge on any atom is 0.231 e. The molecule has 1 aliphatic heterocycles. The lowest BCUT2D eigenvalue weighted by atomic mass is 10.1. The Morgan fingerprint density at radius 3 is 3.12 bits per heavy atom. The van der Waals surface area contributed by atoms with Gasteiger partial charge in [-0.2, -0.15) is 0 Å². The Balaban J connectivity index is 2.07. The normalized spacial score (nSPS) is 19.7. The fourth-order valence-electron chi connectivity index (χ4n) is 1.48. The lowest BCUT2D eigenvalue weighted by Gasteiger charge is -2.09. The molecule has 0 spiro atoms. The fraction of sp³-hybridized carbons (Fsp3) is 0.400. The average Bonchev–Trinajstić information content (AvgIpc) is 2.76. The van der Waals surface area contributed by atoms with Crippen LogP contribution in [0.3, 0.4) is 0 Å². The van der Waals surface area contributed by atoms with Gasteiger partial charge in [0, 0.05) is 6.61 Å². The highest BCUT2D eigenvalue weighted by molar-refractivity contribution is 9.10. The van der Waals surface area contributed by atoms with Crippen molar-refractivity contribution in [3.8, 4) is 5.75 Å². The fourth-order valence-corrected chi connectivity index (χ4v) is 1.79. The standard InChI is InChI=1S/C10H11BrN2O3/c11-8-2-1-7(14)9(12-8)13-10(15)6-3-4-16-5-6/h1-2,6,14H,3-5H2,(H,12,13,15)/t6-/m0/s1. The zero-order valence-corrected chi connectivity index (χ0v) is 10.0. The highest BCUT2D eigenvalue weighted by Gasteiger charge is 2.24. The summed E-state index contributed by atoms with van der Waals surface area (Å²) >= 11 is 3.17. The third kappa shape index (κ3) is 2.51. The van der Waals surface area contributed by atoms with Gasteiger partial charge in [-0.15, -0.1) is 0 Å². The maximum absolute atomic E-state index is 11.7. The molecule has 2 heterocycles. The molecule has 6 heteroatoms. The molecule has 1 aromatic rings. The van der Waals surface area contributed by atoms with Crippen LogP contribution in [-0.4, -0.2) is 29.2 Å². The molecule has 1 saturated heterocycles. The number of anilines is 1. The van der Waals surface area contributed by atoms with Gasteiger partial charge in [0.05, 0.1) is 12.5 Å². The number of hydrogen-bond acceptors (Lipinski definition) is 4. The summed E-state index contributed by atoms with van der Waals surface area (Å²) in [5.74, 6) is -0.194. The van der Waals surface area contributed by atoms with E-state index in [0.717, 1.165) is 0 Å². The predicted octanol–water partition coefficient (Wildman–Crippen LogP) is 1.52. The van der Waals surface area contributed by atoms with Crippen LogP contribution >= 0.6 is 15.9 Å². The number of pyridine rings is 1. The van der Waals surface area contributed by atoms with Crippen LogP contribution in [0.1, 0.15) is 6.42 Å². The number of rotatable bonds is 2. The molecule has 0 bridgehead atoms. The third-order valence-electron chi connectivity index (χ3n) is 2.38. The Morgan fingerprint density at radius 1 is 1.62 bits per heavy atom. The topological polar surface area (TPSA) is 71.5 Å². The number of ether oxygens (including phenoxy) is 1. The largest absolute Gasteiger partial charge is 0.504 e. The first-order chi connectivity index (χ1) is 7.66. The molecule has 5 nitrogen and oxygen atoms in total. The smallest absolute Gasteiger partial charge is 0.231 e. The van der Waals surface area contributed by atoms with E-state index in [2.05, 4.69) is 26.2 Å². The molecule has 1 aliphatic rings. The summed E-state index contributed by atoms with van der Waals surface area (Å²) in [6.45, 7) is 1.04. The lowest BCUT2D eigenvalue weighted by Crippen LogP contribution is -2.23. The van der Waals surface area contributed by atoms with E-state index in [0.29, 0.717) is 24.2 Å². The van der Waals surface area contributed by atoms with Crippen molar-refractivity contribution < 1.29 is 14.6 Å². The minimum absolute atomic E-state index is 0.0459. The predicted molar refractivity (Wildman–Crippen MR) is 61.2 cm³/mol. The molecule has 0 aromatic carbocycles. The van der Waals surface area contributed by atoms with Crippen LogP contribution in [0.15, 0.2) is 16.7 Å². The third-order valence-corrected chi connectivity index (χ3v) is 2.82. The lowest BCUT2D eigenvalue weighted by molar-refractivity contribution is -0.119. The van der Waals surface area contributed by atoms with Crippen LogP contribution < -0.4 is 5.32 Å². The average molecular weight is 287 g/mol. The number of nitrogens with zero attached hydrogens (tertiary/aromatic N) is 1. The van der Waals surface area contributed by atoms with Crippen LogP contribution in [0.25, 0.3) is 0 Å². The summed E-state index contributed by atoms with van der Waals surface area (Å²) in [6.07, 6.45) is 0.709. The molecule has 1 atom stereocenters. The molecule has 1 fully saturated rings. The first-order valence-corrected chi connectivity index (χ1v) is 5.70.